The highest BCUT2D eigenvalue weighted by molar-refractivity contribution is 7.86. The van der Waals surface area contributed by atoms with Gasteiger partial charge >= 0.3 is 0 Å². The summed E-state index contributed by atoms with van der Waals surface area (Å²) in [5, 5.41) is 0. The molecule has 2 fully saturated rings. The fourth-order valence-electron chi connectivity index (χ4n) is 4.03. The van der Waals surface area contributed by atoms with Gasteiger partial charge in [-0.15, -0.1) is 0 Å². The van der Waals surface area contributed by atoms with Gasteiger partial charge in [0.2, 0.25) is 5.91 Å². The molecule has 0 bridgehead atoms. The van der Waals surface area contributed by atoms with Crippen molar-refractivity contribution in [2.24, 2.45) is 0 Å². The predicted molar refractivity (Wildman–Crippen MR) is 106 cm³/mol. The van der Waals surface area contributed by atoms with Crippen molar-refractivity contribution in [3.05, 3.63) is 35.4 Å². The maximum atomic E-state index is 13.0. The van der Waals surface area contributed by atoms with Gasteiger partial charge in [-0.3, -0.25) is 4.79 Å². The van der Waals surface area contributed by atoms with Crippen LogP contribution in [-0.2, 0) is 21.5 Å². The molecule has 0 saturated carbocycles. The minimum atomic E-state index is -3.61. The summed E-state index contributed by atoms with van der Waals surface area (Å²) in [6.45, 7) is 6.09. The molecular formula is C20H31N3O3S. The van der Waals surface area contributed by atoms with Crippen LogP contribution in [0.25, 0.3) is 0 Å². The highest BCUT2D eigenvalue weighted by Crippen LogP contribution is 2.23. The van der Waals surface area contributed by atoms with Crippen molar-refractivity contribution in [1.82, 2.24) is 13.5 Å². The number of hydrogen-bond donors (Lipinski definition) is 0. The van der Waals surface area contributed by atoms with Gasteiger partial charge in [0.25, 0.3) is 10.2 Å². The fourth-order valence-corrected chi connectivity index (χ4v) is 5.66. The van der Waals surface area contributed by atoms with Crippen molar-refractivity contribution < 1.29 is 13.2 Å². The summed E-state index contributed by atoms with van der Waals surface area (Å²) in [7, 11) is -3.61. The normalized spacial score (nSPS) is 24.1. The maximum Gasteiger partial charge on any atom is 0.282 e. The SMILES string of the molecule is CC[C@@H]1CCCCN1C(=O)CN1CCCN(Cc2ccc(C)cc2)S1(=O)=O. The third kappa shape index (κ3) is 4.70. The molecule has 0 N–H and O–H groups in total. The van der Waals surface area contributed by atoms with Crippen LogP contribution in [0.5, 0.6) is 0 Å². The second-order valence-electron chi connectivity index (χ2n) is 7.66. The Balaban J connectivity index is 1.68. The molecule has 0 radical (unpaired) electrons. The van der Waals surface area contributed by atoms with Crippen LogP contribution in [0.3, 0.4) is 0 Å². The van der Waals surface area contributed by atoms with Gasteiger partial charge in [-0.05, 0) is 44.6 Å². The summed E-state index contributed by atoms with van der Waals surface area (Å²) >= 11 is 0. The maximum absolute atomic E-state index is 13.0. The number of carbonyl (C=O) groups excluding carboxylic acids is 1. The van der Waals surface area contributed by atoms with Crippen molar-refractivity contribution in [1.29, 1.82) is 0 Å². The number of benzene rings is 1. The van der Waals surface area contributed by atoms with E-state index in [9.17, 15) is 13.2 Å². The number of carbonyl (C=O) groups is 1. The van der Waals surface area contributed by atoms with Gasteiger partial charge < -0.3 is 4.90 Å². The van der Waals surface area contributed by atoms with E-state index in [0.29, 0.717) is 19.6 Å². The zero-order chi connectivity index (χ0) is 19.4. The van der Waals surface area contributed by atoms with E-state index in [1.807, 2.05) is 36.1 Å². The topological polar surface area (TPSA) is 60.9 Å². The first-order valence-corrected chi connectivity index (χ1v) is 11.4. The van der Waals surface area contributed by atoms with Crippen LogP contribution < -0.4 is 0 Å². The van der Waals surface area contributed by atoms with Crippen molar-refractivity contribution in [2.75, 3.05) is 26.2 Å². The standard InChI is InChI=1S/C20H31N3O3S/c1-3-19-7-4-5-14-23(19)20(24)16-22-13-6-12-21(27(22,25)26)15-18-10-8-17(2)9-11-18/h8-11,19H,3-7,12-16H2,1-2H3/t19-/m1/s1. The van der Waals surface area contributed by atoms with E-state index in [0.717, 1.165) is 49.8 Å². The van der Waals surface area contributed by atoms with E-state index in [1.165, 1.54) is 8.61 Å². The molecule has 2 aliphatic heterocycles. The quantitative estimate of drug-likeness (QED) is 0.772. The van der Waals surface area contributed by atoms with E-state index in [-0.39, 0.29) is 18.5 Å². The molecule has 0 aliphatic carbocycles. The van der Waals surface area contributed by atoms with Gasteiger partial charge in [0.05, 0.1) is 6.54 Å². The predicted octanol–water partition coefficient (Wildman–Crippen LogP) is 2.54. The summed E-state index contributed by atoms with van der Waals surface area (Å²) in [5.74, 6) is -0.0534. The van der Waals surface area contributed by atoms with Gasteiger partial charge in [0.1, 0.15) is 0 Å². The average molecular weight is 394 g/mol. The molecule has 1 aromatic rings. The molecule has 0 spiro atoms. The lowest BCUT2D eigenvalue weighted by Crippen LogP contribution is -2.54. The molecule has 7 heteroatoms. The van der Waals surface area contributed by atoms with Crippen LogP contribution in [0.1, 0.15) is 50.2 Å². The molecule has 150 valence electrons. The Hall–Kier alpha value is -1.44. The lowest BCUT2D eigenvalue weighted by Gasteiger charge is -2.38. The van der Waals surface area contributed by atoms with Crippen LogP contribution in [0, 0.1) is 6.92 Å². The van der Waals surface area contributed by atoms with Crippen LogP contribution >= 0.6 is 0 Å². The number of likely N-dealkylation sites (tertiary alicyclic amines) is 1. The molecule has 3 rings (SSSR count). The monoisotopic (exact) mass is 393 g/mol. The van der Waals surface area contributed by atoms with Crippen molar-refractivity contribution >= 4 is 16.1 Å². The van der Waals surface area contributed by atoms with Crippen molar-refractivity contribution in [2.45, 2.75) is 58.5 Å². The molecule has 0 aromatic heterocycles. The number of hydrogen-bond acceptors (Lipinski definition) is 3. The number of nitrogens with zero attached hydrogens (tertiary/aromatic N) is 3. The lowest BCUT2D eigenvalue weighted by atomic mass is 10.00. The van der Waals surface area contributed by atoms with Crippen LogP contribution in [-0.4, -0.2) is 60.1 Å². The Bertz CT molecular complexity index is 748. The second-order valence-corrected chi connectivity index (χ2v) is 9.59. The lowest BCUT2D eigenvalue weighted by molar-refractivity contribution is -0.135. The largest absolute Gasteiger partial charge is 0.339 e. The molecule has 2 aliphatic rings. The Morgan fingerprint density at radius 1 is 1.04 bits per heavy atom. The molecule has 2 heterocycles. The summed E-state index contributed by atoms with van der Waals surface area (Å²) < 4.78 is 28.9. The van der Waals surface area contributed by atoms with E-state index in [2.05, 4.69) is 6.92 Å². The van der Waals surface area contributed by atoms with Gasteiger partial charge in [-0.1, -0.05) is 36.8 Å². The van der Waals surface area contributed by atoms with E-state index < -0.39 is 10.2 Å². The van der Waals surface area contributed by atoms with Crippen molar-refractivity contribution in [3.8, 4) is 0 Å². The fraction of sp³-hybridized carbons (Fsp3) is 0.650. The minimum absolute atomic E-state index is 0.0385. The first-order valence-electron chi connectivity index (χ1n) is 10.0. The van der Waals surface area contributed by atoms with E-state index >= 15 is 0 Å². The summed E-state index contributed by atoms with van der Waals surface area (Å²) in [6.07, 6.45) is 4.85. The smallest absolute Gasteiger partial charge is 0.282 e. The molecule has 1 atom stereocenters. The zero-order valence-electron chi connectivity index (χ0n) is 16.4. The third-order valence-electron chi connectivity index (χ3n) is 5.68. The van der Waals surface area contributed by atoms with Crippen molar-refractivity contribution in [3.63, 3.8) is 0 Å². The van der Waals surface area contributed by atoms with Gasteiger partial charge in [-0.25, -0.2) is 0 Å². The summed E-state index contributed by atoms with van der Waals surface area (Å²) in [4.78, 5) is 14.7. The molecule has 1 amide bonds. The number of rotatable bonds is 5. The Kier molecular flexibility index (Phi) is 6.55. The summed E-state index contributed by atoms with van der Waals surface area (Å²) in [6, 6.07) is 8.17. The van der Waals surface area contributed by atoms with Crippen LogP contribution in [0.4, 0.5) is 0 Å². The average Bonchev–Trinajstić information content (AvgIpc) is 2.66. The highest BCUT2D eigenvalue weighted by atomic mass is 32.2. The molecule has 0 unspecified atom stereocenters. The van der Waals surface area contributed by atoms with Gasteiger partial charge in [-0.2, -0.15) is 17.0 Å². The van der Waals surface area contributed by atoms with E-state index in [1.54, 1.807) is 0 Å². The Morgan fingerprint density at radius 2 is 1.74 bits per heavy atom. The number of aryl methyl sites for hydroxylation is 1. The molecule has 1 aromatic carbocycles. The highest BCUT2D eigenvalue weighted by Gasteiger charge is 2.36. The number of piperidine rings is 1. The van der Waals surface area contributed by atoms with Crippen LogP contribution in [0.2, 0.25) is 0 Å². The Morgan fingerprint density at radius 3 is 2.44 bits per heavy atom. The first-order chi connectivity index (χ1) is 12.9. The Labute approximate surface area is 163 Å². The molecule has 27 heavy (non-hydrogen) atoms. The van der Waals surface area contributed by atoms with Gasteiger partial charge in [0.15, 0.2) is 0 Å². The molecule has 2 saturated heterocycles. The zero-order valence-corrected chi connectivity index (χ0v) is 17.2. The van der Waals surface area contributed by atoms with Gasteiger partial charge in [0, 0.05) is 32.2 Å². The first kappa shape index (κ1) is 20.3. The minimum Gasteiger partial charge on any atom is -0.339 e. The molecular weight excluding hydrogens is 362 g/mol. The van der Waals surface area contributed by atoms with Crippen LogP contribution in [0.15, 0.2) is 24.3 Å². The molecule has 6 nitrogen and oxygen atoms in total. The van der Waals surface area contributed by atoms with E-state index in [4.69, 9.17) is 0 Å². The second kappa shape index (κ2) is 8.71. The number of amides is 1. The third-order valence-corrected chi connectivity index (χ3v) is 7.61. The summed E-state index contributed by atoms with van der Waals surface area (Å²) in [5.41, 5.74) is 2.12.